The molecule has 0 spiro atoms. The van der Waals surface area contributed by atoms with E-state index in [1.165, 1.54) is 11.3 Å². The molecule has 0 fully saturated rings. The minimum absolute atomic E-state index is 0.0477. The normalized spacial score (nSPS) is 11.6. The van der Waals surface area contributed by atoms with Crippen LogP contribution < -0.4 is 10.5 Å². The van der Waals surface area contributed by atoms with Gasteiger partial charge in [-0.2, -0.15) is 4.98 Å². The van der Waals surface area contributed by atoms with Gasteiger partial charge in [0.1, 0.15) is 0 Å². The lowest BCUT2D eigenvalue weighted by Crippen LogP contribution is -2.13. The molecule has 3 N–H and O–H groups in total. The standard InChI is InChI=1S/C12H15N5O2S/c1-3-7-9(10(13)17-18)20-12(15-7)11-14-6-5-8(16-11)19-4-2/h5-6,18H,3-4H2,1-2H3,(H2,13,17). The third-order valence-corrected chi connectivity index (χ3v) is 3.60. The van der Waals surface area contributed by atoms with Crippen molar-refractivity contribution in [2.75, 3.05) is 6.61 Å². The lowest BCUT2D eigenvalue weighted by molar-refractivity contribution is 0.318. The molecule has 0 aliphatic rings. The molecule has 2 heterocycles. The van der Waals surface area contributed by atoms with E-state index in [2.05, 4.69) is 20.1 Å². The van der Waals surface area contributed by atoms with E-state index >= 15 is 0 Å². The quantitative estimate of drug-likeness (QED) is 0.376. The van der Waals surface area contributed by atoms with Crippen LogP contribution in [0.4, 0.5) is 0 Å². The summed E-state index contributed by atoms with van der Waals surface area (Å²) in [6.07, 6.45) is 2.29. The SMILES string of the molecule is CCOc1ccnc(-c2nc(CC)c(C(N)=NO)s2)n1. The van der Waals surface area contributed by atoms with Gasteiger partial charge < -0.3 is 15.7 Å². The largest absolute Gasteiger partial charge is 0.478 e. The van der Waals surface area contributed by atoms with Crippen LogP contribution in [0.25, 0.3) is 10.8 Å². The van der Waals surface area contributed by atoms with Crippen LogP contribution in [0.5, 0.6) is 5.88 Å². The highest BCUT2D eigenvalue weighted by Gasteiger charge is 2.16. The molecule has 8 heteroatoms. The summed E-state index contributed by atoms with van der Waals surface area (Å²) in [4.78, 5) is 13.5. The summed E-state index contributed by atoms with van der Waals surface area (Å²) in [5, 5.41) is 12.4. The topological polar surface area (TPSA) is 107 Å². The number of oxime groups is 1. The van der Waals surface area contributed by atoms with Crippen molar-refractivity contribution in [3.8, 4) is 16.7 Å². The Morgan fingerprint density at radius 3 is 2.90 bits per heavy atom. The Hall–Kier alpha value is -2.22. The molecule has 0 aromatic carbocycles. The van der Waals surface area contributed by atoms with E-state index in [-0.39, 0.29) is 5.84 Å². The average Bonchev–Trinajstić information content (AvgIpc) is 2.91. The zero-order valence-electron chi connectivity index (χ0n) is 11.2. The van der Waals surface area contributed by atoms with Crippen LogP contribution in [-0.4, -0.2) is 32.6 Å². The van der Waals surface area contributed by atoms with E-state index in [0.717, 1.165) is 5.69 Å². The monoisotopic (exact) mass is 293 g/mol. The zero-order chi connectivity index (χ0) is 14.5. The number of ether oxygens (including phenoxy) is 1. The molecular weight excluding hydrogens is 278 g/mol. The minimum atomic E-state index is 0.0477. The minimum Gasteiger partial charge on any atom is -0.478 e. The summed E-state index contributed by atoms with van der Waals surface area (Å²) < 4.78 is 5.34. The van der Waals surface area contributed by atoms with E-state index in [4.69, 9.17) is 15.7 Å². The summed E-state index contributed by atoms with van der Waals surface area (Å²) in [5.74, 6) is 1.01. The molecule has 0 radical (unpaired) electrons. The smallest absolute Gasteiger partial charge is 0.216 e. The first kappa shape index (κ1) is 14.2. The van der Waals surface area contributed by atoms with E-state index in [0.29, 0.717) is 34.6 Å². The fraction of sp³-hybridized carbons (Fsp3) is 0.333. The number of amidine groups is 1. The Labute approximate surface area is 120 Å². The Kier molecular flexibility index (Phi) is 4.46. The van der Waals surface area contributed by atoms with Crippen molar-refractivity contribution in [1.82, 2.24) is 15.0 Å². The molecule has 0 atom stereocenters. The number of hydrogen-bond donors (Lipinski definition) is 2. The van der Waals surface area contributed by atoms with Gasteiger partial charge in [0.15, 0.2) is 16.7 Å². The van der Waals surface area contributed by atoms with E-state index in [9.17, 15) is 0 Å². The summed E-state index contributed by atoms with van der Waals surface area (Å²) in [7, 11) is 0. The molecule has 0 aliphatic heterocycles. The molecule has 0 saturated carbocycles. The van der Waals surface area contributed by atoms with Crippen molar-refractivity contribution in [1.29, 1.82) is 0 Å². The van der Waals surface area contributed by atoms with Gasteiger partial charge in [-0.3, -0.25) is 0 Å². The molecular formula is C12H15N5O2S. The Balaban J connectivity index is 2.43. The predicted octanol–water partition coefficient (Wildman–Crippen LogP) is 1.66. The summed E-state index contributed by atoms with van der Waals surface area (Å²) in [5.41, 5.74) is 6.40. The van der Waals surface area contributed by atoms with Crippen LogP contribution in [0.1, 0.15) is 24.4 Å². The number of thiazole rings is 1. The molecule has 0 aliphatic carbocycles. The molecule has 2 rings (SSSR count). The second-order valence-electron chi connectivity index (χ2n) is 3.79. The fourth-order valence-corrected chi connectivity index (χ4v) is 2.60. The van der Waals surface area contributed by atoms with Crippen molar-refractivity contribution in [2.45, 2.75) is 20.3 Å². The van der Waals surface area contributed by atoms with Crippen molar-refractivity contribution < 1.29 is 9.94 Å². The van der Waals surface area contributed by atoms with Gasteiger partial charge in [-0.05, 0) is 13.3 Å². The highest BCUT2D eigenvalue weighted by molar-refractivity contribution is 7.17. The second kappa shape index (κ2) is 6.29. The number of nitrogens with two attached hydrogens (primary N) is 1. The van der Waals surface area contributed by atoms with Crippen molar-refractivity contribution in [2.24, 2.45) is 10.9 Å². The molecule has 2 aromatic heterocycles. The maximum Gasteiger partial charge on any atom is 0.216 e. The molecule has 7 nitrogen and oxygen atoms in total. The highest BCUT2D eigenvalue weighted by atomic mass is 32.1. The van der Waals surface area contributed by atoms with Crippen LogP contribution in [0.2, 0.25) is 0 Å². The summed E-state index contributed by atoms with van der Waals surface area (Å²) in [6.45, 7) is 4.37. The lowest BCUT2D eigenvalue weighted by atomic mass is 10.3. The van der Waals surface area contributed by atoms with Crippen LogP contribution in [0.15, 0.2) is 17.4 Å². The van der Waals surface area contributed by atoms with Gasteiger partial charge in [0, 0.05) is 12.3 Å². The van der Waals surface area contributed by atoms with Crippen LogP contribution in [0, 0.1) is 0 Å². The third kappa shape index (κ3) is 2.85. The number of nitrogens with zero attached hydrogens (tertiary/aromatic N) is 4. The maximum atomic E-state index is 8.79. The number of aromatic nitrogens is 3. The molecule has 0 unspecified atom stereocenters. The third-order valence-electron chi connectivity index (χ3n) is 2.49. The van der Waals surface area contributed by atoms with Crippen LogP contribution in [-0.2, 0) is 6.42 Å². The van der Waals surface area contributed by atoms with Gasteiger partial charge in [-0.25, -0.2) is 9.97 Å². The van der Waals surface area contributed by atoms with E-state index in [1.807, 2.05) is 13.8 Å². The first-order valence-electron chi connectivity index (χ1n) is 6.13. The van der Waals surface area contributed by atoms with Crippen LogP contribution in [0.3, 0.4) is 0 Å². The van der Waals surface area contributed by atoms with E-state index in [1.54, 1.807) is 12.3 Å². The number of hydrogen-bond acceptors (Lipinski definition) is 7. The van der Waals surface area contributed by atoms with Gasteiger partial charge >= 0.3 is 0 Å². The van der Waals surface area contributed by atoms with Gasteiger partial charge in [0.25, 0.3) is 0 Å². The molecule has 20 heavy (non-hydrogen) atoms. The summed E-state index contributed by atoms with van der Waals surface area (Å²) >= 11 is 1.29. The predicted molar refractivity (Wildman–Crippen MR) is 76.2 cm³/mol. The Morgan fingerprint density at radius 1 is 1.45 bits per heavy atom. The number of rotatable bonds is 5. The Morgan fingerprint density at radius 2 is 2.25 bits per heavy atom. The highest BCUT2D eigenvalue weighted by Crippen LogP contribution is 2.26. The average molecular weight is 293 g/mol. The van der Waals surface area contributed by atoms with E-state index < -0.39 is 0 Å². The van der Waals surface area contributed by atoms with Gasteiger partial charge in [0.2, 0.25) is 5.88 Å². The number of aryl methyl sites for hydroxylation is 1. The summed E-state index contributed by atoms with van der Waals surface area (Å²) in [6, 6.07) is 1.69. The van der Waals surface area contributed by atoms with Crippen molar-refractivity contribution in [3.05, 3.63) is 22.8 Å². The van der Waals surface area contributed by atoms with Crippen LogP contribution >= 0.6 is 11.3 Å². The van der Waals surface area contributed by atoms with Gasteiger partial charge in [-0.1, -0.05) is 12.1 Å². The molecule has 106 valence electrons. The molecule has 0 bridgehead atoms. The second-order valence-corrected chi connectivity index (χ2v) is 4.78. The van der Waals surface area contributed by atoms with Crippen molar-refractivity contribution in [3.63, 3.8) is 0 Å². The maximum absolute atomic E-state index is 8.79. The molecule has 2 aromatic rings. The molecule has 0 amide bonds. The lowest BCUT2D eigenvalue weighted by Gasteiger charge is -2.01. The van der Waals surface area contributed by atoms with Gasteiger partial charge in [0.05, 0.1) is 17.2 Å². The van der Waals surface area contributed by atoms with Gasteiger partial charge in [-0.15, -0.1) is 11.3 Å². The molecule has 0 saturated heterocycles. The fourth-order valence-electron chi connectivity index (χ4n) is 1.61. The van der Waals surface area contributed by atoms with Crippen molar-refractivity contribution >= 4 is 17.2 Å². The Bertz CT molecular complexity index is 626. The first-order valence-corrected chi connectivity index (χ1v) is 6.95. The first-order chi connectivity index (χ1) is 9.69. The zero-order valence-corrected chi connectivity index (χ0v) is 12.0.